The van der Waals surface area contributed by atoms with Crippen molar-refractivity contribution in [3.05, 3.63) is 23.8 Å². The van der Waals surface area contributed by atoms with E-state index in [-0.39, 0.29) is 16.1 Å². The Bertz CT molecular complexity index is 594. The van der Waals surface area contributed by atoms with Crippen LogP contribution in [-0.2, 0) is 10.0 Å². The predicted molar refractivity (Wildman–Crippen MR) is 70.3 cm³/mol. The molecule has 4 N–H and O–H groups in total. The van der Waals surface area contributed by atoms with Crippen LogP contribution in [0.15, 0.2) is 23.1 Å². The average molecular weight is 284 g/mol. The second-order valence-electron chi connectivity index (χ2n) is 4.71. The summed E-state index contributed by atoms with van der Waals surface area (Å²) in [4.78, 5) is 10.7. The number of aromatic carboxylic acids is 1. The largest absolute Gasteiger partial charge is 0.478 e. The summed E-state index contributed by atoms with van der Waals surface area (Å²) in [6.07, 6.45) is 3.22. The van der Waals surface area contributed by atoms with Crippen molar-refractivity contribution in [2.75, 3.05) is 12.3 Å². The Morgan fingerprint density at radius 3 is 2.58 bits per heavy atom. The molecule has 0 atom stereocenters. The first-order valence-corrected chi connectivity index (χ1v) is 7.51. The molecule has 6 nitrogen and oxygen atoms in total. The van der Waals surface area contributed by atoms with Crippen molar-refractivity contribution in [1.82, 2.24) is 4.72 Å². The van der Waals surface area contributed by atoms with E-state index < -0.39 is 16.0 Å². The highest BCUT2D eigenvalue weighted by molar-refractivity contribution is 7.89. The molecular weight excluding hydrogens is 268 g/mol. The lowest BCUT2D eigenvalue weighted by molar-refractivity contribution is 0.0697. The van der Waals surface area contributed by atoms with Crippen molar-refractivity contribution in [2.45, 2.75) is 24.2 Å². The molecular formula is C12H16N2O4S. The van der Waals surface area contributed by atoms with E-state index in [9.17, 15) is 13.2 Å². The Labute approximate surface area is 111 Å². The zero-order valence-electron chi connectivity index (χ0n) is 10.3. The lowest BCUT2D eigenvalue weighted by atomic mass is 9.86. The third-order valence-electron chi connectivity index (χ3n) is 3.33. The maximum atomic E-state index is 12.0. The number of sulfonamides is 1. The van der Waals surface area contributed by atoms with Gasteiger partial charge < -0.3 is 10.8 Å². The van der Waals surface area contributed by atoms with Crippen LogP contribution in [0.25, 0.3) is 0 Å². The van der Waals surface area contributed by atoms with Crippen molar-refractivity contribution < 1.29 is 18.3 Å². The molecule has 0 bridgehead atoms. The molecule has 1 aliphatic rings. The highest BCUT2D eigenvalue weighted by Crippen LogP contribution is 2.26. The van der Waals surface area contributed by atoms with Crippen LogP contribution in [0.1, 0.15) is 29.6 Å². The van der Waals surface area contributed by atoms with Gasteiger partial charge in [-0.25, -0.2) is 17.9 Å². The summed E-state index contributed by atoms with van der Waals surface area (Å²) in [6, 6.07) is 3.61. The highest BCUT2D eigenvalue weighted by atomic mass is 32.2. The van der Waals surface area contributed by atoms with Crippen LogP contribution in [0.4, 0.5) is 5.69 Å². The van der Waals surface area contributed by atoms with Gasteiger partial charge >= 0.3 is 5.97 Å². The normalized spacial score (nSPS) is 16.0. The monoisotopic (exact) mass is 284 g/mol. The average Bonchev–Trinajstić information content (AvgIpc) is 2.26. The molecule has 0 saturated heterocycles. The van der Waals surface area contributed by atoms with E-state index in [1.165, 1.54) is 12.1 Å². The van der Waals surface area contributed by atoms with Crippen molar-refractivity contribution in [3.63, 3.8) is 0 Å². The summed E-state index contributed by atoms with van der Waals surface area (Å²) in [5.74, 6) is -0.743. The van der Waals surface area contributed by atoms with E-state index in [0.29, 0.717) is 12.5 Å². The maximum absolute atomic E-state index is 12.0. The zero-order chi connectivity index (χ0) is 14.0. The van der Waals surface area contributed by atoms with E-state index in [0.717, 1.165) is 25.3 Å². The first-order chi connectivity index (χ1) is 8.90. The summed E-state index contributed by atoms with van der Waals surface area (Å²) in [5.41, 5.74) is 5.53. The Balaban J connectivity index is 2.17. The van der Waals surface area contributed by atoms with Gasteiger partial charge in [-0.1, -0.05) is 6.42 Å². The molecule has 0 unspecified atom stereocenters. The SMILES string of the molecule is Nc1cc(C(=O)O)ccc1S(=O)(=O)NCC1CCC1. The fourth-order valence-corrected chi connectivity index (χ4v) is 3.16. The lowest BCUT2D eigenvalue weighted by Gasteiger charge is -2.25. The number of rotatable bonds is 5. The van der Waals surface area contributed by atoms with E-state index in [2.05, 4.69) is 4.72 Å². The zero-order valence-corrected chi connectivity index (χ0v) is 11.1. The van der Waals surface area contributed by atoms with Crippen molar-refractivity contribution in [2.24, 2.45) is 5.92 Å². The van der Waals surface area contributed by atoms with Crippen LogP contribution in [0, 0.1) is 5.92 Å². The molecule has 1 aliphatic carbocycles. The molecule has 1 aromatic carbocycles. The van der Waals surface area contributed by atoms with E-state index >= 15 is 0 Å². The standard InChI is InChI=1S/C12H16N2O4S/c13-10-6-9(12(15)16)4-5-11(10)19(17,18)14-7-8-2-1-3-8/h4-6,8,14H,1-3,7,13H2,(H,15,16). The van der Waals surface area contributed by atoms with Gasteiger partial charge in [-0.15, -0.1) is 0 Å². The molecule has 1 fully saturated rings. The molecule has 7 heteroatoms. The fraction of sp³-hybridized carbons (Fsp3) is 0.417. The van der Waals surface area contributed by atoms with Gasteiger partial charge in [-0.05, 0) is 37.0 Å². The molecule has 0 aliphatic heterocycles. The number of carboxylic acids is 1. The molecule has 19 heavy (non-hydrogen) atoms. The topological polar surface area (TPSA) is 109 Å². The van der Waals surface area contributed by atoms with Crippen molar-refractivity contribution >= 4 is 21.7 Å². The third kappa shape index (κ3) is 3.05. The molecule has 0 aromatic heterocycles. The van der Waals surface area contributed by atoms with Gasteiger partial charge in [-0.3, -0.25) is 0 Å². The minimum atomic E-state index is -3.67. The second kappa shape index (κ2) is 5.18. The Morgan fingerprint density at radius 2 is 2.11 bits per heavy atom. The highest BCUT2D eigenvalue weighted by Gasteiger charge is 2.23. The van der Waals surface area contributed by atoms with Crippen LogP contribution in [0.3, 0.4) is 0 Å². The van der Waals surface area contributed by atoms with Gasteiger partial charge in [0.15, 0.2) is 0 Å². The fourth-order valence-electron chi connectivity index (χ4n) is 1.93. The summed E-state index contributed by atoms with van der Waals surface area (Å²) in [7, 11) is -3.67. The van der Waals surface area contributed by atoms with Gasteiger partial charge in [0.2, 0.25) is 10.0 Å². The van der Waals surface area contributed by atoms with Crippen LogP contribution >= 0.6 is 0 Å². The summed E-state index contributed by atoms with van der Waals surface area (Å²) in [6.45, 7) is 0.405. The molecule has 0 amide bonds. The molecule has 0 heterocycles. The summed E-state index contributed by atoms with van der Waals surface area (Å²) >= 11 is 0. The summed E-state index contributed by atoms with van der Waals surface area (Å²) in [5, 5.41) is 8.80. The molecule has 104 valence electrons. The van der Waals surface area contributed by atoms with E-state index in [1.54, 1.807) is 0 Å². The number of nitrogens with one attached hydrogen (secondary N) is 1. The number of nitrogen functional groups attached to an aromatic ring is 1. The number of benzene rings is 1. The first kappa shape index (κ1) is 13.8. The predicted octanol–water partition coefficient (Wildman–Crippen LogP) is 1.05. The van der Waals surface area contributed by atoms with Gasteiger partial charge in [0, 0.05) is 6.54 Å². The number of hydrogen-bond donors (Lipinski definition) is 3. The Morgan fingerprint density at radius 1 is 1.42 bits per heavy atom. The van der Waals surface area contributed by atoms with Gasteiger partial charge in [0.1, 0.15) is 4.90 Å². The van der Waals surface area contributed by atoms with Crippen LogP contribution < -0.4 is 10.5 Å². The van der Waals surface area contributed by atoms with E-state index in [1.807, 2.05) is 0 Å². The molecule has 1 aromatic rings. The number of carbonyl (C=O) groups is 1. The molecule has 2 rings (SSSR count). The van der Waals surface area contributed by atoms with Gasteiger partial charge in [0.25, 0.3) is 0 Å². The second-order valence-corrected chi connectivity index (χ2v) is 6.44. The number of nitrogens with two attached hydrogens (primary N) is 1. The lowest BCUT2D eigenvalue weighted by Crippen LogP contribution is -2.32. The van der Waals surface area contributed by atoms with Crippen LogP contribution in [0.2, 0.25) is 0 Å². The quantitative estimate of drug-likeness (QED) is 0.700. The minimum absolute atomic E-state index is 0.0320. The van der Waals surface area contributed by atoms with Gasteiger partial charge in [-0.2, -0.15) is 0 Å². The number of carboxylic acid groups (broad SMARTS) is 1. The third-order valence-corrected chi connectivity index (χ3v) is 4.83. The first-order valence-electron chi connectivity index (χ1n) is 6.02. The summed E-state index contributed by atoms with van der Waals surface area (Å²) < 4.78 is 26.6. The van der Waals surface area contributed by atoms with Crippen molar-refractivity contribution in [1.29, 1.82) is 0 Å². The van der Waals surface area contributed by atoms with E-state index in [4.69, 9.17) is 10.8 Å². The van der Waals surface area contributed by atoms with Crippen molar-refractivity contribution in [3.8, 4) is 0 Å². The maximum Gasteiger partial charge on any atom is 0.335 e. The number of hydrogen-bond acceptors (Lipinski definition) is 4. The molecule has 0 spiro atoms. The van der Waals surface area contributed by atoms with Crippen LogP contribution in [0.5, 0.6) is 0 Å². The smallest absolute Gasteiger partial charge is 0.335 e. The van der Waals surface area contributed by atoms with Gasteiger partial charge in [0.05, 0.1) is 11.3 Å². The Kier molecular flexibility index (Phi) is 3.77. The van der Waals surface area contributed by atoms with Crippen LogP contribution in [-0.4, -0.2) is 26.0 Å². The molecule has 1 saturated carbocycles. The minimum Gasteiger partial charge on any atom is -0.478 e. The number of anilines is 1. The Hall–Kier alpha value is -1.60. The molecule has 0 radical (unpaired) electrons.